The van der Waals surface area contributed by atoms with Crippen molar-refractivity contribution < 1.29 is 17.9 Å². The number of esters is 1. The number of methoxy groups -OCH3 is 1. The number of aryl methyl sites for hydroxylation is 1. The molecule has 0 bridgehead atoms. The van der Waals surface area contributed by atoms with Crippen LogP contribution in [0.1, 0.15) is 28.8 Å². The van der Waals surface area contributed by atoms with E-state index in [1.54, 1.807) is 19.1 Å². The molecule has 122 valence electrons. The summed E-state index contributed by atoms with van der Waals surface area (Å²) in [5.74, 6) is -0.537. The van der Waals surface area contributed by atoms with Crippen molar-refractivity contribution in [1.82, 2.24) is 9.62 Å². The summed E-state index contributed by atoms with van der Waals surface area (Å²) in [6, 6.07) is 4.97. The zero-order chi connectivity index (χ0) is 16.3. The van der Waals surface area contributed by atoms with Crippen molar-refractivity contribution in [3.63, 3.8) is 0 Å². The molecule has 6 nitrogen and oxygen atoms in total. The van der Waals surface area contributed by atoms with Gasteiger partial charge < -0.3 is 10.1 Å². The summed E-state index contributed by atoms with van der Waals surface area (Å²) in [7, 11) is -0.426. The van der Waals surface area contributed by atoms with Gasteiger partial charge in [0.15, 0.2) is 0 Å². The number of rotatable bonds is 4. The smallest absolute Gasteiger partial charge is 0.337 e. The molecule has 0 unspecified atom stereocenters. The number of piperidine rings is 1. The van der Waals surface area contributed by atoms with Crippen molar-refractivity contribution in [2.75, 3.05) is 27.2 Å². The highest BCUT2D eigenvalue weighted by Gasteiger charge is 2.30. The fraction of sp³-hybridized carbons (Fsp3) is 0.533. The summed E-state index contributed by atoms with van der Waals surface area (Å²) in [4.78, 5) is 11.8. The van der Waals surface area contributed by atoms with Gasteiger partial charge >= 0.3 is 5.97 Å². The highest BCUT2D eigenvalue weighted by molar-refractivity contribution is 7.89. The normalized spacial score (nSPS) is 17.4. The average Bonchev–Trinajstić information content (AvgIpc) is 2.54. The number of nitrogens with one attached hydrogen (secondary N) is 1. The number of carbonyl (C=O) groups is 1. The molecule has 1 fully saturated rings. The predicted molar refractivity (Wildman–Crippen MR) is 83.4 cm³/mol. The second kappa shape index (κ2) is 6.76. The van der Waals surface area contributed by atoms with E-state index in [9.17, 15) is 13.2 Å². The Kier molecular flexibility index (Phi) is 5.20. The van der Waals surface area contributed by atoms with E-state index in [1.807, 2.05) is 7.05 Å². The fourth-order valence-corrected chi connectivity index (χ4v) is 4.37. The van der Waals surface area contributed by atoms with Crippen LogP contribution in [-0.2, 0) is 14.8 Å². The number of benzene rings is 1. The lowest BCUT2D eigenvalue weighted by molar-refractivity contribution is 0.0600. The summed E-state index contributed by atoms with van der Waals surface area (Å²) in [6.45, 7) is 2.69. The van der Waals surface area contributed by atoms with Crippen LogP contribution >= 0.6 is 0 Å². The number of hydrogen-bond donors (Lipinski definition) is 1. The van der Waals surface area contributed by atoms with Gasteiger partial charge in [-0.3, -0.25) is 0 Å². The highest BCUT2D eigenvalue weighted by atomic mass is 32.2. The Bertz CT molecular complexity index is 650. The summed E-state index contributed by atoms with van der Waals surface area (Å²) in [5.41, 5.74) is 0.875. The first-order valence-corrected chi connectivity index (χ1v) is 8.70. The van der Waals surface area contributed by atoms with Crippen LogP contribution in [0.3, 0.4) is 0 Å². The van der Waals surface area contributed by atoms with Gasteiger partial charge in [-0.05, 0) is 44.5 Å². The van der Waals surface area contributed by atoms with Gasteiger partial charge in [-0.15, -0.1) is 0 Å². The van der Waals surface area contributed by atoms with Crippen LogP contribution in [-0.4, -0.2) is 52.0 Å². The third-order valence-electron chi connectivity index (χ3n) is 4.09. The molecule has 1 aromatic rings. The van der Waals surface area contributed by atoms with E-state index in [0.29, 0.717) is 24.7 Å². The molecule has 1 aliphatic rings. The molecular formula is C15H22N2O4S. The first kappa shape index (κ1) is 16.9. The molecule has 0 atom stereocenters. The molecule has 2 rings (SSSR count). The van der Waals surface area contributed by atoms with Crippen molar-refractivity contribution >= 4 is 16.0 Å². The first-order chi connectivity index (χ1) is 10.4. The maximum absolute atomic E-state index is 12.8. The summed E-state index contributed by atoms with van der Waals surface area (Å²) in [5, 5.41) is 3.18. The van der Waals surface area contributed by atoms with Crippen LogP contribution in [0.2, 0.25) is 0 Å². The van der Waals surface area contributed by atoms with Crippen LogP contribution in [0.4, 0.5) is 0 Å². The predicted octanol–water partition coefficient (Wildman–Crippen LogP) is 1.15. The minimum atomic E-state index is -3.59. The number of sulfonamides is 1. The molecule has 1 N–H and O–H groups in total. The van der Waals surface area contributed by atoms with Crippen molar-refractivity contribution in [2.45, 2.75) is 30.7 Å². The largest absolute Gasteiger partial charge is 0.465 e. The molecule has 0 spiro atoms. The zero-order valence-corrected chi connectivity index (χ0v) is 13.9. The topological polar surface area (TPSA) is 75.7 Å². The number of carbonyl (C=O) groups excluding carboxylic acids is 1. The Hall–Kier alpha value is -1.44. The lowest BCUT2D eigenvalue weighted by atomic mass is 10.1. The summed E-state index contributed by atoms with van der Waals surface area (Å²) < 4.78 is 31.8. The molecule has 22 heavy (non-hydrogen) atoms. The number of ether oxygens (including phenoxy) is 1. The molecule has 0 amide bonds. The Morgan fingerprint density at radius 1 is 1.32 bits per heavy atom. The molecule has 1 heterocycles. The summed E-state index contributed by atoms with van der Waals surface area (Å²) in [6.07, 6.45) is 1.57. The lowest BCUT2D eigenvalue weighted by Crippen LogP contribution is -2.44. The third kappa shape index (κ3) is 3.31. The van der Waals surface area contributed by atoms with E-state index in [-0.39, 0.29) is 10.5 Å². The second-order valence-electron chi connectivity index (χ2n) is 5.44. The van der Waals surface area contributed by atoms with Gasteiger partial charge in [0.1, 0.15) is 0 Å². The Morgan fingerprint density at radius 3 is 2.50 bits per heavy atom. The third-order valence-corrected chi connectivity index (χ3v) is 6.13. The molecule has 1 aromatic carbocycles. The minimum Gasteiger partial charge on any atom is -0.465 e. The van der Waals surface area contributed by atoms with E-state index in [0.717, 1.165) is 12.8 Å². The molecule has 1 aliphatic heterocycles. The fourth-order valence-electron chi connectivity index (χ4n) is 2.65. The van der Waals surface area contributed by atoms with Gasteiger partial charge in [0.05, 0.1) is 17.6 Å². The first-order valence-electron chi connectivity index (χ1n) is 7.26. The molecule has 0 saturated carbocycles. The van der Waals surface area contributed by atoms with Gasteiger partial charge in [-0.1, -0.05) is 6.07 Å². The van der Waals surface area contributed by atoms with E-state index in [1.165, 1.54) is 17.5 Å². The SMILES string of the molecule is CNC1CCN(S(=O)(=O)c2cc(C(=O)OC)ccc2C)CC1. The summed E-state index contributed by atoms with van der Waals surface area (Å²) >= 11 is 0. The van der Waals surface area contributed by atoms with Crippen molar-refractivity contribution in [3.05, 3.63) is 29.3 Å². The highest BCUT2D eigenvalue weighted by Crippen LogP contribution is 2.24. The Labute approximate surface area is 131 Å². The number of nitrogens with zero attached hydrogens (tertiary/aromatic N) is 1. The monoisotopic (exact) mass is 326 g/mol. The van der Waals surface area contributed by atoms with Crippen LogP contribution in [0, 0.1) is 6.92 Å². The number of hydrogen-bond acceptors (Lipinski definition) is 5. The Balaban J connectivity index is 2.31. The van der Waals surface area contributed by atoms with Gasteiger partial charge in [-0.2, -0.15) is 4.31 Å². The molecule has 0 radical (unpaired) electrons. The van der Waals surface area contributed by atoms with Gasteiger partial charge in [0.2, 0.25) is 10.0 Å². The van der Waals surface area contributed by atoms with E-state index in [4.69, 9.17) is 0 Å². The van der Waals surface area contributed by atoms with Crippen LogP contribution in [0.5, 0.6) is 0 Å². The zero-order valence-electron chi connectivity index (χ0n) is 13.1. The molecule has 1 saturated heterocycles. The van der Waals surface area contributed by atoms with Crippen LogP contribution < -0.4 is 5.32 Å². The molecule has 0 aliphatic carbocycles. The van der Waals surface area contributed by atoms with Crippen molar-refractivity contribution in [1.29, 1.82) is 0 Å². The lowest BCUT2D eigenvalue weighted by Gasteiger charge is -2.31. The molecular weight excluding hydrogens is 304 g/mol. The van der Waals surface area contributed by atoms with E-state index in [2.05, 4.69) is 10.1 Å². The van der Waals surface area contributed by atoms with Crippen molar-refractivity contribution in [3.8, 4) is 0 Å². The minimum absolute atomic E-state index is 0.179. The van der Waals surface area contributed by atoms with Crippen LogP contribution in [0.25, 0.3) is 0 Å². The van der Waals surface area contributed by atoms with Gasteiger partial charge in [0, 0.05) is 19.1 Å². The standard InChI is InChI=1S/C15H22N2O4S/c1-11-4-5-12(15(18)21-3)10-14(11)22(19,20)17-8-6-13(16-2)7-9-17/h4-5,10,13,16H,6-9H2,1-3H3. The Morgan fingerprint density at radius 2 is 1.95 bits per heavy atom. The molecule has 0 aromatic heterocycles. The van der Waals surface area contributed by atoms with E-state index < -0.39 is 16.0 Å². The van der Waals surface area contributed by atoms with E-state index >= 15 is 0 Å². The second-order valence-corrected chi connectivity index (χ2v) is 7.35. The average molecular weight is 326 g/mol. The van der Waals surface area contributed by atoms with Crippen LogP contribution in [0.15, 0.2) is 23.1 Å². The quantitative estimate of drug-likeness (QED) is 0.840. The van der Waals surface area contributed by atoms with Gasteiger partial charge in [-0.25, -0.2) is 13.2 Å². The molecule has 7 heteroatoms. The van der Waals surface area contributed by atoms with Crippen molar-refractivity contribution in [2.24, 2.45) is 0 Å². The maximum atomic E-state index is 12.8. The maximum Gasteiger partial charge on any atom is 0.337 e. The van der Waals surface area contributed by atoms with Gasteiger partial charge in [0.25, 0.3) is 0 Å².